The van der Waals surface area contributed by atoms with Crippen molar-refractivity contribution < 1.29 is 9.21 Å². The van der Waals surface area contributed by atoms with Crippen LogP contribution < -0.4 is 5.32 Å². The molecule has 1 atom stereocenters. The molecule has 3 aromatic rings. The van der Waals surface area contributed by atoms with Crippen LogP contribution in [-0.2, 0) is 24.3 Å². The Morgan fingerprint density at radius 2 is 2.30 bits per heavy atom. The molecule has 1 amide bonds. The predicted molar refractivity (Wildman–Crippen MR) is 86.8 cm³/mol. The maximum absolute atomic E-state index is 12.4. The number of para-hydroxylation sites is 1. The second-order valence-electron chi connectivity index (χ2n) is 6.11. The van der Waals surface area contributed by atoms with Gasteiger partial charge in [-0.05, 0) is 31.9 Å². The van der Waals surface area contributed by atoms with Gasteiger partial charge in [-0.1, -0.05) is 18.2 Å². The Labute approximate surface area is 134 Å². The molecule has 2 aromatic heterocycles. The zero-order valence-electron chi connectivity index (χ0n) is 13.1. The van der Waals surface area contributed by atoms with Crippen molar-refractivity contribution in [3.8, 4) is 0 Å². The van der Waals surface area contributed by atoms with Gasteiger partial charge in [0.05, 0.1) is 12.5 Å². The van der Waals surface area contributed by atoms with E-state index in [-0.39, 0.29) is 11.8 Å². The van der Waals surface area contributed by atoms with E-state index < -0.39 is 0 Å². The fraction of sp³-hybridized carbons (Fsp3) is 0.333. The lowest BCUT2D eigenvalue weighted by atomic mass is 9.97. The summed E-state index contributed by atoms with van der Waals surface area (Å²) in [6, 6.07) is 9.85. The number of aryl methyl sites for hydroxylation is 2. The minimum absolute atomic E-state index is 0.000205. The summed E-state index contributed by atoms with van der Waals surface area (Å²) in [6.07, 6.45) is 3.69. The van der Waals surface area contributed by atoms with Gasteiger partial charge in [0, 0.05) is 23.8 Å². The van der Waals surface area contributed by atoms with Crippen molar-refractivity contribution in [1.82, 2.24) is 14.9 Å². The van der Waals surface area contributed by atoms with Crippen molar-refractivity contribution in [3.63, 3.8) is 0 Å². The number of amides is 1. The van der Waals surface area contributed by atoms with Crippen molar-refractivity contribution in [2.24, 2.45) is 5.92 Å². The van der Waals surface area contributed by atoms with Crippen LogP contribution >= 0.6 is 0 Å². The maximum atomic E-state index is 12.4. The number of hydrogen-bond acceptors (Lipinski definition) is 3. The van der Waals surface area contributed by atoms with Crippen molar-refractivity contribution in [2.45, 2.75) is 32.9 Å². The van der Waals surface area contributed by atoms with E-state index in [1.165, 1.54) is 5.69 Å². The normalized spacial score (nSPS) is 17.2. The zero-order valence-corrected chi connectivity index (χ0v) is 13.1. The van der Waals surface area contributed by atoms with Crippen molar-refractivity contribution >= 4 is 16.9 Å². The van der Waals surface area contributed by atoms with Gasteiger partial charge in [0.15, 0.2) is 0 Å². The van der Waals surface area contributed by atoms with Crippen LogP contribution in [0.3, 0.4) is 0 Å². The molecule has 1 aliphatic heterocycles. The summed E-state index contributed by atoms with van der Waals surface area (Å²) >= 11 is 0. The SMILES string of the molecule is Cc1ncc2n1CC(C(=O)NCc1cc3ccccc3o1)CC2. The largest absolute Gasteiger partial charge is 0.459 e. The van der Waals surface area contributed by atoms with Gasteiger partial charge < -0.3 is 14.3 Å². The van der Waals surface area contributed by atoms with Crippen molar-refractivity contribution in [2.75, 3.05) is 0 Å². The third-order valence-electron chi connectivity index (χ3n) is 4.57. The molecule has 23 heavy (non-hydrogen) atoms. The molecule has 0 radical (unpaired) electrons. The minimum atomic E-state index is -0.000205. The lowest BCUT2D eigenvalue weighted by Gasteiger charge is -2.24. The standard InChI is InChI=1S/C18H19N3O2/c1-12-19-9-15-7-6-14(11-21(12)15)18(22)20-10-16-8-13-4-2-3-5-17(13)23-16/h2-5,8-9,14H,6-7,10-11H2,1H3,(H,20,22). The molecule has 0 fully saturated rings. The Morgan fingerprint density at radius 3 is 3.17 bits per heavy atom. The fourth-order valence-electron chi connectivity index (χ4n) is 3.25. The maximum Gasteiger partial charge on any atom is 0.225 e. The first-order valence-electron chi connectivity index (χ1n) is 7.97. The van der Waals surface area contributed by atoms with E-state index >= 15 is 0 Å². The molecular weight excluding hydrogens is 290 g/mol. The third-order valence-corrected chi connectivity index (χ3v) is 4.57. The Balaban J connectivity index is 1.41. The Morgan fingerprint density at radius 1 is 1.43 bits per heavy atom. The molecule has 1 N–H and O–H groups in total. The number of hydrogen-bond donors (Lipinski definition) is 1. The van der Waals surface area contributed by atoms with Crippen LogP contribution in [0.5, 0.6) is 0 Å². The third kappa shape index (κ3) is 2.63. The molecule has 118 valence electrons. The highest BCUT2D eigenvalue weighted by molar-refractivity contribution is 5.80. The molecule has 0 saturated heterocycles. The first-order chi connectivity index (χ1) is 11.2. The summed E-state index contributed by atoms with van der Waals surface area (Å²) in [5.74, 6) is 1.86. The molecule has 0 spiro atoms. The van der Waals surface area contributed by atoms with Crippen LogP contribution in [-0.4, -0.2) is 15.5 Å². The van der Waals surface area contributed by atoms with E-state index in [0.29, 0.717) is 13.1 Å². The first-order valence-corrected chi connectivity index (χ1v) is 7.97. The van der Waals surface area contributed by atoms with Gasteiger partial charge in [-0.25, -0.2) is 4.98 Å². The molecule has 1 unspecified atom stereocenters. The molecule has 0 saturated carbocycles. The molecule has 1 aromatic carbocycles. The van der Waals surface area contributed by atoms with Gasteiger partial charge in [0.25, 0.3) is 0 Å². The number of rotatable bonds is 3. The lowest BCUT2D eigenvalue weighted by Crippen LogP contribution is -2.35. The minimum Gasteiger partial charge on any atom is -0.459 e. The van der Waals surface area contributed by atoms with Gasteiger partial charge in [0.2, 0.25) is 5.91 Å². The predicted octanol–water partition coefficient (Wildman–Crippen LogP) is 2.82. The first kappa shape index (κ1) is 14.1. The van der Waals surface area contributed by atoms with E-state index in [1.807, 2.05) is 43.5 Å². The van der Waals surface area contributed by atoms with E-state index in [2.05, 4.69) is 14.9 Å². The smallest absolute Gasteiger partial charge is 0.225 e. The van der Waals surface area contributed by atoms with Gasteiger partial charge in [-0.3, -0.25) is 4.79 Å². The number of aromatic nitrogens is 2. The number of carbonyl (C=O) groups is 1. The zero-order chi connectivity index (χ0) is 15.8. The van der Waals surface area contributed by atoms with Crippen LogP contribution in [0.25, 0.3) is 11.0 Å². The van der Waals surface area contributed by atoms with Crippen molar-refractivity contribution in [1.29, 1.82) is 0 Å². The van der Waals surface area contributed by atoms with Crippen LogP contribution in [0.15, 0.2) is 40.9 Å². The van der Waals surface area contributed by atoms with Gasteiger partial charge in [-0.15, -0.1) is 0 Å². The van der Waals surface area contributed by atoms with E-state index in [9.17, 15) is 4.79 Å². The molecule has 0 bridgehead atoms. The number of furan rings is 1. The second kappa shape index (κ2) is 5.57. The number of carbonyl (C=O) groups excluding carboxylic acids is 1. The number of benzene rings is 1. The Kier molecular flexibility index (Phi) is 3.41. The monoisotopic (exact) mass is 309 g/mol. The highest BCUT2D eigenvalue weighted by Gasteiger charge is 2.25. The summed E-state index contributed by atoms with van der Waals surface area (Å²) in [5.41, 5.74) is 2.08. The topological polar surface area (TPSA) is 60.1 Å². The van der Waals surface area contributed by atoms with Crippen LogP contribution in [0.1, 0.15) is 23.7 Å². The summed E-state index contributed by atoms with van der Waals surface area (Å²) in [5, 5.41) is 4.07. The van der Waals surface area contributed by atoms with Gasteiger partial charge in [-0.2, -0.15) is 0 Å². The number of imidazole rings is 1. The Bertz CT molecular complexity index is 829. The number of nitrogens with zero attached hydrogens (tertiary/aromatic N) is 2. The molecule has 0 aliphatic carbocycles. The van der Waals surface area contributed by atoms with E-state index in [1.54, 1.807) is 0 Å². The average Bonchev–Trinajstić information content (AvgIpc) is 3.16. The molecule has 4 rings (SSSR count). The molecular formula is C18H19N3O2. The van der Waals surface area contributed by atoms with Crippen molar-refractivity contribution in [3.05, 3.63) is 53.8 Å². The average molecular weight is 309 g/mol. The van der Waals surface area contributed by atoms with Crippen LogP contribution in [0, 0.1) is 12.8 Å². The van der Waals surface area contributed by atoms with E-state index in [4.69, 9.17) is 4.42 Å². The Hall–Kier alpha value is -2.56. The lowest BCUT2D eigenvalue weighted by molar-refractivity contribution is -0.126. The quantitative estimate of drug-likeness (QED) is 0.809. The fourth-order valence-corrected chi connectivity index (χ4v) is 3.25. The summed E-state index contributed by atoms with van der Waals surface area (Å²) in [7, 11) is 0. The van der Waals surface area contributed by atoms with Gasteiger partial charge >= 0.3 is 0 Å². The van der Waals surface area contributed by atoms with Gasteiger partial charge in [0.1, 0.15) is 17.2 Å². The molecule has 5 nitrogen and oxygen atoms in total. The summed E-state index contributed by atoms with van der Waals surface area (Å²) in [6.45, 7) is 3.13. The number of nitrogens with one attached hydrogen (secondary N) is 1. The second-order valence-corrected chi connectivity index (χ2v) is 6.11. The van der Waals surface area contributed by atoms with Crippen LogP contribution in [0.2, 0.25) is 0 Å². The summed E-state index contributed by atoms with van der Waals surface area (Å²) in [4.78, 5) is 16.8. The molecule has 5 heteroatoms. The van der Waals surface area contributed by atoms with E-state index in [0.717, 1.165) is 35.4 Å². The summed E-state index contributed by atoms with van der Waals surface area (Å²) < 4.78 is 7.89. The number of fused-ring (bicyclic) bond motifs is 2. The highest BCUT2D eigenvalue weighted by atomic mass is 16.3. The van der Waals surface area contributed by atoms with Crippen LogP contribution in [0.4, 0.5) is 0 Å². The molecule has 3 heterocycles. The molecule has 1 aliphatic rings. The highest BCUT2D eigenvalue weighted by Crippen LogP contribution is 2.22.